The summed E-state index contributed by atoms with van der Waals surface area (Å²) in [5, 5.41) is 4.78. The van der Waals surface area contributed by atoms with Crippen LogP contribution in [0.1, 0.15) is 20.8 Å². The van der Waals surface area contributed by atoms with Gasteiger partial charge in [0.05, 0.1) is 16.7 Å². The summed E-state index contributed by atoms with van der Waals surface area (Å²) >= 11 is 0.991. The summed E-state index contributed by atoms with van der Waals surface area (Å²) < 4.78 is 41.9. The summed E-state index contributed by atoms with van der Waals surface area (Å²) in [6, 6.07) is 9.21. The van der Waals surface area contributed by atoms with E-state index in [-0.39, 0.29) is 17.0 Å². The number of halogens is 2. The van der Waals surface area contributed by atoms with Crippen LogP contribution in [0.15, 0.2) is 42.2 Å². The second-order valence-corrected chi connectivity index (χ2v) is 8.82. The van der Waals surface area contributed by atoms with E-state index < -0.39 is 5.60 Å². The third-order valence-electron chi connectivity index (χ3n) is 5.76. The van der Waals surface area contributed by atoms with Crippen molar-refractivity contribution in [2.24, 2.45) is 5.41 Å². The zero-order valence-corrected chi connectivity index (χ0v) is 16.6. The van der Waals surface area contributed by atoms with Crippen molar-refractivity contribution >= 4 is 39.8 Å². The summed E-state index contributed by atoms with van der Waals surface area (Å²) in [7, 11) is 0. The Balaban J connectivity index is 1.88. The second kappa shape index (κ2) is 5.95. The molecule has 2 aliphatic heterocycles. The first-order valence-electron chi connectivity index (χ1n) is 9.18. The number of benzene rings is 2. The monoisotopic (exact) mass is 402 g/mol. The maximum atomic E-state index is 14.0. The molecule has 0 amide bonds. The third kappa shape index (κ3) is 2.36. The van der Waals surface area contributed by atoms with Crippen LogP contribution in [0.2, 0.25) is 0 Å². The minimum atomic E-state index is -0.631. The van der Waals surface area contributed by atoms with Crippen molar-refractivity contribution < 1.29 is 17.1 Å². The molecule has 4 nitrogen and oxygen atoms in total. The van der Waals surface area contributed by atoms with Gasteiger partial charge in [0.15, 0.2) is 11.4 Å². The van der Waals surface area contributed by atoms with Crippen molar-refractivity contribution in [2.75, 3.05) is 13.1 Å². The van der Waals surface area contributed by atoms with Crippen molar-refractivity contribution in [2.45, 2.75) is 26.4 Å². The zero-order valence-electron chi connectivity index (χ0n) is 15.8. The molecular weight excluding hydrogens is 382 g/mol. The number of fused-ring (bicyclic) bond motifs is 4. The Morgan fingerprint density at radius 1 is 1.04 bits per heavy atom. The van der Waals surface area contributed by atoms with Crippen molar-refractivity contribution in [3.05, 3.63) is 53.8 Å². The lowest BCUT2D eigenvalue weighted by Gasteiger charge is -2.42. The third-order valence-corrected chi connectivity index (χ3v) is 6.35. The van der Waals surface area contributed by atoms with Gasteiger partial charge in [-0.05, 0) is 36.4 Å². The highest BCUT2D eigenvalue weighted by Crippen LogP contribution is 2.52. The molecule has 0 saturated carbocycles. The van der Waals surface area contributed by atoms with E-state index in [0.29, 0.717) is 23.9 Å². The average molecular weight is 402 g/mol. The summed E-state index contributed by atoms with van der Waals surface area (Å²) in [6.45, 7) is 7.53. The Morgan fingerprint density at radius 3 is 2.21 bits per heavy atom. The normalized spacial score (nSPS) is 22.8. The van der Waals surface area contributed by atoms with Gasteiger partial charge in [0, 0.05) is 29.3 Å². The average Bonchev–Trinajstić information content (AvgIpc) is 3.21. The molecule has 0 aliphatic carbocycles. The van der Waals surface area contributed by atoms with E-state index in [9.17, 15) is 8.78 Å². The van der Waals surface area contributed by atoms with Gasteiger partial charge < -0.3 is 14.1 Å². The molecule has 1 aromatic heterocycles. The molecule has 1 N–H and O–H groups in total. The molecule has 2 aromatic carbocycles. The summed E-state index contributed by atoms with van der Waals surface area (Å²) in [4.78, 5) is 0. The maximum Gasteiger partial charge on any atom is 0.226 e. The van der Waals surface area contributed by atoms with Crippen LogP contribution in [0.25, 0.3) is 27.5 Å². The first-order valence-corrected chi connectivity index (χ1v) is 9.85. The van der Waals surface area contributed by atoms with Crippen molar-refractivity contribution in [3.8, 4) is 0 Å². The number of nitrogens with one attached hydrogen (secondary N) is 1. The summed E-state index contributed by atoms with van der Waals surface area (Å²) in [5.74, 6) is 0.0572. The van der Waals surface area contributed by atoms with Crippen LogP contribution in [0, 0.1) is 17.0 Å². The van der Waals surface area contributed by atoms with E-state index in [1.165, 1.54) is 24.3 Å². The lowest BCUT2D eigenvalue weighted by atomic mass is 9.73. The second-order valence-electron chi connectivity index (χ2n) is 8.35. The van der Waals surface area contributed by atoms with Gasteiger partial charge in [-0.3, -0.25) is 4.18 Å². The molecule has 3 aromatic rings. The van der Waals surface area contributed by atoms with Crippen LogP contribution in [-0.4, -0.2) is 23.3 Å². The van der Waals surface area contributed by atoms with Crippen LogP contribution in [0.4, 0.5) is 8.78 Å². The number of aromatic nitrogens is 1. The lowest BCUT2D eigenvalue weighted by Crippen LogP contribution is -2.54. The fourth-order valence-electron chi connectivity index (χ4n) is 4.21. The quantitative estimate of drug-likeness (QED) is 0.565. The Kier molecular flexibility index (Phi) is 3.82. The molecular formula is C21H20F2N2O2S. The van der Waals surface area contributed by atoms with Crippen LogP contribution < -0.4 is 5.32 Å². The van der Waals surface area contributed by atoms with E-state index in [4.69, 9.17) is 8.37 Å². The van der Waals surface area contributed by atoms with Crippen LogP contribution in [0.3, 0.4) is 0 Å². The maximum absolute atomic E-state index is 14.0. The van der Waals surface area contributed by atoms with E-state index in [1.54, 1.807) is 12.1 Å². The van der Waals surface area contributed by atoms with E-state index in [0.717, 1.165) is 34.8 Å². The van der Waals surface area contributed by atoms with Gasteiger partial charge in [-0.1, -0.05) is 20.8 Å². The first-order chi connectivity index (χ1) is 13.3. The SMILES string of the molecule is CC(C)(C)[C@]12CNCC(n3c4ccc(F)cc4c4cc(F)ccc43)=C1OSO2. The highest BCUT2D eigenvalue weighted by atomic mass is 32.2. The van der Waals surface area contributed by atoms with E-state index in [2.05, 4.69) is 26.1 Å². The topological polar surface area (TPSA) is 35.4 Å². The molecule has 2 aliphatic rings. The van der Waals surface area contributed by atoms with Crippen molar-refractivity contribution in [3.63, 3.8) is 0 Å². The number of hydrogen-bond donors (Lipinski definition) is 1. The van der Waals surface area contributed by atoms with Gasteiger partial charge in [-0.15, -0.1) is 0 Å². The summed E-state index contributed by atoms with van der Waals surface area (Å²) in [6.07, 6.45) is 0. The molecule has 146 valence electrons. The van der Waals surface area contributed by atoms with Gasteiger partial charge in [0.25, 0.3) is 0 Å². The number of hydrogen-bond acceptors (Lipinski definition) is 4. The Hall–Kier alpha value is -2.09. The standard InChI is InChI=1S/C21H20F2N2O2S/c1-20(2,3)21-11-24-10-18(19(21)26-28-27-21)25-16-6-4-12(22)8-14(16)15-9-13(23)5-7-17(15)25/h4-9,24H,10-11H2,1-3H3/t21-/m0/s1. The molecule has 5 rings (SSSR count). The van der Waals surface area contributed by atoms with Gasteiger partial charge in [0.1, 0.15) is 11.6 Å². The van der Waals surface area contributed by atoms with Gasteiger partial charge in [0.2, 0.25) is 12.3 Å². The van der Waals surface area contributed by atoms with Gasteiger partial charge in [-0.25, -0.2) is 8.78 Å². The highest BCUT2D eigenvalue weighted by molar-refractivity contribution is 7.90. The highest BCUT2D eigenvalue weighted by Gasteiger charge is 2.56. The van der Waals surface area contributed by atoms with Crippen molar-refractivity contribution in [1.29, 1.82) is 0 Å². The predicted octanol–water partition coefficient (Wildman–Crippen LogP) is 5.24. The molecule has 7 heteroatoms. The molecule has 1 saturated heterocycles. The number of nitrogens with zero attached hydrogens (tertiary/aromatic N) is 1. The largest absolute Gasteiger partial charge is 0.400 e. The number of rotatable bonds is 1. The molecule has 0 bridgehead atoms. The molecule has 1 fully saturated rings. The molecule has 3 heterocycles. The lowest BCUT2D eigenvalue weighted by molar-refractivity contribution is 0.0187. The minimum absolute atomic E-state index is 0.221. The molecule has 1 atom stereocenters. The first kappa shape index (κ1) is 18.0. The molecule has 28 heavy (non-hydrogen) atoms. The van der Waals surface area contributed by atoms with Crippen LogP contribution in [0.5, 0.6) is 0 Å². The molecule has 0 unspecified atom stereocenters. The van der Waals surface area contributed by atoms with Gasteiger partial charge in [-0.2, -0.15) is 0 Å². The Morgan fingerprint density at radius 2 is 1.64 bits per heavy atom. The smallest absolute Gasteiger partial charge is 0.226 e. The zero-order chi connectivity index (χ0) is 19.7. The minimum Gasteiger partial charge on any atom is -0.400 e. The van der Waals surface area contributed by atoms with Gasteiger partial charge >= 0.3 is 0 Å². The van der Waals surface area contributed by atoms with E-state index in [1.807, 2.05) is 4.57 Å². The van der Waals surface area contributed by atoms with E-state index >= 15 is 0 Å². The van der Waals surface area contributed by atoms with Crippen LogP contribution >= 0.6 is 12.3 Å². The summed E-state index contributed by atoms with van der Waals surface area (Å²) in [5.41, 5.74) is 1.65. The fraction of sp³-hybridized carbons (Fsp3) is 0.333. The Labute approximate surface area is 165 Å². The Bertz CT molecular complexity index is 1090. The van der Waals surface area contributed by atoms with Crippen molar-refractivity contribution in [1.82, 2.24) is 9.88 Å². The van der Waals surface area contributed by atoms with Crippen LogP contribution in [-0.2, 0) is 8.37 Å². The molecule has 0 radical (unpaired) electrons. The molecule has 0 spiro atoms. The predicted molar refractivity (Wildman–Crippen MR) is 107 cm³/mol. The fourth-order valence-corrected chi connectivity index (χ4v) is 5.05.